The molecule has 4 rings (SSSR count). The number of aromatic nitrogens is 1. The lowest BCUT2D eigenvalue weighted by Crippen LogP contribution is -2.70. The third-order valence-electron chi connectivity index (χ3n) is 5.94. The van der Waals surface area contributed by atoms with Crippen molar-refractivity contribution in [3.8, 4) is 0 Å². The number of oxazole rings is 1. The Kier molecular flexibility index (Phi) is 4.12. The predicted octanol–water partition coefficient (Wildman–Crippen LogP) is 2.50. The van der Waals surface area contributed by atoms with Crippen molar-refractivity contribution in [2.24, 2.45) is 11.3 Å². The standard InChI is InChI=1S/C18H26N2O4/c1-18(2)14(12-4-3-7-23-15(12)18)20-16(21)13-10-24-17(19-13)11-5-8-22-9-6-11/h10-12,14-15H,3-9H2,1-2H3,(H,20,21). The molecule has 132 valence electrons. The second kappa shape index (κ2) is 6.15. The number of amides is 1. The van der Waals surface area contributed by atoms with Crippen LogP contribution in [-0.2, 0) is 9.47 Å². The van der Waals surface area contributed by atoms with E-state index in [1.54, 1.807) is 0 Å². The Morgan fingerprint density at radius 1 is 1.25 bits per heavy atom. The van der Waals surface area contributed by atoms with Gasteiger partial charge in [-0.2, -0.15) is 0 Å². The fraction of sp³-hybridized carbons (Fsp3) is 0.778. The Labute approximate surface area is 142 Å². The van der Waals surface area contributed by atoms with Crippen LogP contribution in [0.15, 0.2) is 10.7 Å². The van der Waals surface area contributed by atoms with Crippen molar-refractivity contribution >= 4 is 5.91 Å². The summed E-state index contributed by atoms with van der Waals surface area (Å²) in [6.07, 6.45) is 5.73. The van der Waals surface area contributed by atoms with Crippen molar-refractivity contribution < 1.29 is 18.7 Å². The van der Waals surface area contributed by atoms with Gasteiger partial charge in [0.2, 0.25) is 0 Å². The van der Waals surface area contributed by atoms with Gasteiger partial charge in [-0.1, -0.05) is 13.8 Å². The SMILES string of the molecule is CC1(C)C(NC(=O)c2coc(C3CCOCC3)n2)C2CCCOC21. The van der Waals surface area contributed by atoms with Gasteiger partial charge >= 0.3 is 0 Å². The summed E-state index contributed by atoms with van der Waals surface area (Å²) in [7, 11) is 0. The summed E-state index contributed by atoms with van der Waals surface area (Å²) in [5.41, 5.74) is 0.348. The highest BCUT2D eigenvalue weighted by atomic mass is 16.5. The van der Waals surface area contributed by atoms with Gasteiger partial charge in [0.15, 0.2) is 11.6 Å². The van der Waals surface area contributed by atoms with E-state index < -0.39 is 0 Å². The monoisotopic (exact) mass is 334 g/mol. The molecule has 6 nitrogen and oxygen atoms in total. The number of carbonyl (C=O) groups excluding carboxylic acids is 1. The first-order valence-corrected chi connectivity index (χ1v) is 9.03. The van der Waals surface area contributed by atoms with Crippen LogP contribution in [0, 0.1) is 11.3 Å². The van der Waals surface area contributed by atoms with Crippen LogP contribution in [0.1, 0.15) is 61.8 Å². The van der Waals surface area contributed by atoms with Crippen LogP contribution in [0.5, 0.6) is 0 Å². The van der Waals surface area contributed by atoms with Crippen molar-refractivity contribution in [1.82, 2.24) is 10.3 Å². The van der Waals surface area contributed by atoms with Crippen LogP contribution in [-0.4, -0.2) is 42.9 Å². The van der Waals surface area contributed by atoms with E-state index in [2.05, 4.69) is 24.1 Å². The molecule has 0 aromatic carbocycles. The fourth-order valence-electron chi connectivity index (χ4n) is 4.55. The Bertz CT molecular complexity index is 606. The molecule has 3 heterocycles. The largest absolute Gasteiger partial charge is 0.448 e. The Balaban J connectivity index is 1.42. The Hall–Kier alpha value is -1.40. The van der Waals surface area contributed by atoms with Gasteiger partial charge in [0.1, 0.15) is 6.26 Å². The van der Waals surface area contributed by atoms with Gasteiger partial charge in [-0.3, -0.25) is 4.79 Å². The molecule has 1 amide bonds. The lowest BCUT2D eigenvalue weighted by Gasteiger charge is -2.59. The highest BCUT2D eigenvalue weighted by molar-refractivity contribution is 5.92. The molecule has 3 unspecified atom stereocenters. The first-order chi connectivity index (χ1) is 11.6. The quantitative estimate of drug-likeness (QED) is 0.919. The normalized spacial score (nSPS) is 32.7. The number of nitrogens with zero attached hydrogens (tertiary/aromatic N) is 1. The van der Waals surface area contributed by atoms with Gasteiger partial charge in [0, 0.05) is 43.1 Å². The smallest absolute Gasteiger partial charge is 0.273 e. The molecule has 3 atom stereocenters. The third kappa shape index (κ3) is 2.65. The summed E-state index contributed by atoms with van der Waals surface area (Å²) >= 11 is 0. The van der Waals surface area contributed by atoms with Crippen LogP contribution in [0.4, 0.5) is 0 Å². The van der Waals surface area contributed by atoms with E-state index in [1.165, 1.54) is 6.26 Å². The molecule has 2 aliphatic heterocycles. The van der Waals surface area contributed by atoms with Gasteiger partial charge in [-0.25, -0.2) is 4.98 Å². The third-order valence-corrected chi connectivity index (χ3v) is 5.94. The zero-order valence-electron chi connectivity index (χ0n) is 14.4. The van der Waals surface area contributed by atoms with Crippen molar-refractivity contribution in [3.05, 3.63) is 17.8 Å². The van der Waals surface area contributed by atoms with Crippen LogP contribution < -0.4 is 5.32 Å². The molecule has 6 heteroatoms. The van der Waals surface area contributed by atoms with Crippen molar-refractivity contribution in [1.29, 1.82) is 0 Å². The van der Waals surface area contributed by atoms with E-state index in [9.17, 15) is 4.79 Å². The molecule has 2 saturated heterocycles. The molecule has 1 aliphatic carbocycles. The summed E-state index contributed by atoms with van der Waals surface area (Å²) in [5.74, 6) is 1.20. The Morgan fingerprint density at radius 3 is 2.83 bits per heavy atom. The molecule has 24 heavy (non-hydrogen) atoms. The number of rotatable bonds is 3. The number of hydrogen-bond acceptors (Lipinski definition) is 5. The molecule has 3 aliphatic rings. The lowest BCUT2D eigenvalue weighted by atomic mass is 9.55. The highest BCUT2D eigenvalue weighted by Crippen LogP contribution is 2.51. The second-order valence-corrected chi connectivity index (χ2v) is 7.83. The van der Waals surface area contributed by atoms with E-state index in [-0.39, 0.29) is 29.4 Å². The first-order valence-electron chi connectivity index (χ1n) is 9.03. The van der Waals surface area contributed by atoms with Crippen molar-refractivity contribution in [3.63, 3.8) is 0 Å². The maximum Gasteiger partial charge on any atom is 0.273 e. The van der Waals surface area contributed by atoms with Gasteiger partial charge in [-0.05, 0) is 25.7 Å². The van der Waals surface area contributed by atoms with Gasteiger partial charge < -0.3 is 19.2 Å². The van der Waals surface area contributed by atoms with Crippen molar-refractivity contribution in [2.45, 2.75) is 57.6 Å². The summed E-state index contributed by atoms with van der Waals surface area (Å²) < 4.78 is 16.8. The molecule has 1 aromatic heterocycles. The molecule has 1 aromatic rings. The van der Waals surface area contributed by atoms with E-state index in [1.807, 2.05) is 0 Å². The van der Waals surface area contributed by atoms with Crippen LogP contribution >= 0.6 is 0 Å². The predicted molar refractivity (Wildman–Crippen MR) is 86.8 cm³/mol. The summed E-state index contributed by atoms with van der Waals surface area (Å²) in [6, 6.07) is 0.138. The topological polar surface area (TPSA) is 73.6 Å². The minimum atomic E-state index is -0.140. The van der Waals surface area contributed by atoms with Crippen LogP contribution in [0.3, 0.4) is 0 Å². The van der Waals surface area contributed by atoms with Crippen LogP contribution in [0.25, 0.3) is 0 Å². The number of nitrogens with one attached hydrogen (secondary N) is 1. The molecule has 0 bridgehead atoms. The first kappa shape index (κ1) is 16.1. The number of carbonyl (C=O) groups is 1. The molecule has 0 spiro atoms. The average Bonchev–Trinajstić information content (AvgIpc) is 3.10. The second-order valence-electron chi connectivity index (χ2n) is 7.83. The maximum atomic E-state index is 12.6. The number of ether oxygens (including phenoxy) is 2. The minimum absolute atomic E-state index is 0.0337. The molecule has 0 radical (unpaired) electrons. The Morgan fingerprint density at radius 2 is 2.04 bits per heavy atom. The number of hydrogen-bond donors (Lipinski definition) is 1. The summed E-state index contributed by atoms with van der Waals surface area (Å²) in [6.45, 7) is 6.63. The molecular formula is C18H26N2O4. The molecular weight excluding hydrogens is 308 g/mol. The van der Waals surface area contributed by atoms with Gasteiger partial charge in [-0.15, -0.1) is 0 Å². The zero-order valence-corrected chi connectivity index (χ0v) is 14.4. The molecule has 3 fully saturated rings. The zero-order chi connectivity index (χ0) is 16.7. The van der Waals surface area contributed by atoms with Crippen molar-refractivity contribution in [2.75, 3.05) is 19.8 Å². The van der Waals surface area contributed by atoms with Gasteiger partial charge in [0.25, 0.3) is 5.91 Å². The maximum absolute atomic E-state index is 12.6. The van der Waals surface area contributed by atoms with E-state index >= 15 is 0 Å². The van der Waals surface area contributed by atoms with Crippen LogP contribution in [0.2, 0.25) is 0 Å². The van der Waals surface area contributed by atoms with Gasteiger partial charge in [0.05, 0.1) is 6.10 Å². The van der Waals surface area contributed by atoms with E-state index in [0.717, 1.165) is 45.5 Å². The molecule has 1 N–H and O–H groups in total. The highest BCUT2D eigenvalue weighted by Gasteiger charge is 2.58. The summed E-state index contributed by atoms with van der Waals surface area (Å²) in [4.78, 5) is 17.0. The summed E-state index contributed by atoms with van der Waals surface area (Å²) in [5, 5.41) is 3.17. The fourth-order valence-corrected chi connectivity index (χ4v) is 4.55. The van der Waals surface area contributed by atoms with E-state index in [0.29, 0.717) is 17.5 Å². The minimum Gasteiger partial charge on any atom is -0.448 e. The lowest BCUT2D eigenvalue weighted by molar-refractivity contribution is -0.189. The molecule has 1 saturated carbocycles. The van der Waals surface area contributed by atoms with E-state index in [4.69, 9.17) is 13.9 Å². The number of fused-ring (bicyclic) bond motifs is 1. The average molecular weight is 334 g/mol.